The van der Waals surface area contributed by atoms with E-state index in [1.165, 1.54) is 30.5 Å². The zero-order valence-corrected chi connectivity index (χ0v) is 18.5. The molecule has 0 bridgehead atoms. The summed E-state index contributed by atoms with van der Waals surface area (Å²) in [6.07, 6.45) is 1.48. The lowest BCUT2D eigenvalue weighted by molar-refractivity contribution is -0.153. The lowest BCUT2D eigenvalue weighted by atomic mass is 10.2. The van der Waals surface area contributed by atoms with Crippen molar-refractivity contribution in [3.63, 3.8) is 0 Å². The van der Waals surface area contributed by atoms with Crippen LogP contribution in [0.25, 0.3) is 5.78 Å². The van der Waals surface area contributed by atoms with Crippen LogP contribution >= 0.6 is 0 Å². The van der Waals surface area contributed by atoms with Crippen LogP contribution in [0.1, 0.15) is 15.9 Å². The van der Waals surface area contributed by atoms with Gasteiger partial charge in [0, 0.05) is 31.3 Å². The molecule has 0 spiro atoms. The number of alkyl halides is 3. The fourth-order valence-electron chi connectivity index (χ4n) is 3.07. The van der Waals surface area contributed by atoms with Crippen molar-refractivity contribution >= 4 is 21.5 Å². The number of hydrogen-bond acceptors (Lipinski definition) is 6. The molecule has 4 rings (SSSR count). The number of amides is 1. The van der Waals surface area contributed by atoms with E-state index in [9.17, 15) is 30.8 Å². The number of imidazole rings is 1. The molecule has 13 heteroatoms. The summed E-state index contributed by atoms with van der Waals surface area (Å²) in [5, 5.41) is 2.69. The molecule has 0 unspecified atom stereocenters. The van der Waals surface area contributed by atoms with Gasteiger partial charge in [-0.3, -0.25) is 9.20 Å². The number of hydrogen-bond donors (Lipinski definition) is 1. The molecule has 182 valence electrons. The van der Waals surface area contributed by atoms with Gasteiger partial charge >= 0.3 is 6.18 Å². The Balaban J connectivity index is 1.42. The first kappa shape index (κ1) is 24.1. The Bertz CT molecular complexity index is 1490. The molecule has 2 heterocycles. The zero-order valence-electron chi connectivity index (χ0n) is 17.7. The maximum atomic E-state index is 14.1. The van der Waals surface area contributed by atoms with Crippen LogP contribution in [0.5, 0.6) is 5.75 Å². The third-order valence-corrected chi connectivity index (χ3v) is 6.57. The summed E-state index contributed by atoms with van der Waals surface area (Å²) in [6.45, 7) is -1.61. The van der Waals surface area contributed by atoms with Gasteiger partial charge in [0.05, 0.1) is 15.4 Å². The number of rotatable bonds is 7. The highest BCUT2D eigenvalue weighted by Crippen LogP contribution is 2.27. The number of fused-ring (bicyclic) bond motifs is 1. The molecule has 1 N–H and O–H groups in total. The van der Waals surface area contributed by atoms with Gasteiger partial charge in [-0.15, -0.1) is 0 Å². The van der Waals surface area contributed by atoms with E-state index in [1.54, 1.807) is 23.0 Å². The summed E-state index contributed by atoms with van der Waals surface area (Å²) in [7, 11) is -4.15. The molecule has 8 nitrogen and oxygen atoms in total. The summed E-state index contributed by atoms with van der Waals surface area (Å²) < 4.78 is 82.4. The van der Waals surface area contributed by atoms with Crippen LogP contribution in [-0.4, -0.2) is 41.5 Å². The third-order valence-electron chi connectivity index (χ3n) is 4.80. The molecule has 2 aromatic heterocycles. The lowest BCUT2D eigenvalue weighted by Crippen LogP contribution is -2.23. The standard InChI is InChI=1S/C22H16F4N4O4S/c23-18-9-17(5-6-19(18)34-13-22(24,25)26)35(32,33)16-3-1-14(2-4-16)10-28-20(31)15-11-29-21-27-7-8-30(21)12-15/h1-9,11-12H,10,13H2,(H,28,31). The smallest absolute Gasteiger partial charge is 0.422 e. The van der Waals surface area contributed by atoms with Crippen LogP contribution < -0.4 is 10.1 Å². The van der Waals surface area contributed by atoms with E-state index in [-0.39, 0.29) is 11.4 Å². The van der Waals surface area contributed by atoms with E-state index in [0.717, 1.165) is 12.1 Å². The number of ether oxygens (including phenoxy) is 1. The number of carbonyl (C=O) groups is 1. The van der Waals surface area contributed by atoms with E-state index in [4.69, 9.17) is 0 Å². The first-order chi connectivity index (χ1) is 16.5. The highest BCUT2D eigenvalue weighted by molar-refractivity contribution is 7.91. The Labute approximate surface area is 196 Å². The van der Waals surface area contributed by atoms with Crippen LogP contribution in [0.3, 0.4) is 0 Å². The number of sulfone groups is 1. The summed E-state index contributed by atoms with van der Waals surface area (Å²) in [4.78, 5) is 19.8. The average Bonchev–Trinajstić information content (AvgIpc) is 3.29. The molecular weight excluding hydrogens is 492 g/mol. The number of nitrogens with one attached hydrogen (secondary N) is 1. The fraction of sp³-hybridized carbons (Fsp3) is 0.136. The zero-order chi connectivity index (χ0) is 25.2. The average molecular weight is 508 g/mol. The van der Waals surface area contributed by atoms with Gasteiger partial charge in [-0.25, -0.2) is 22.8 Å². The van der Waals surface area contributed by atoms with E-state index in [0.29, 0.717) is 23.0 Å². The normalized spacial score (nSPS) is 12.0. The molecule has 0 atom stereocenters. The second kappa shape index (κ2) is 9.33. The SMILES string of the molecule is O=C(NCc1ccc(S(=O)(=O)c2ccc(OCC(F)(F)F)c(F)c2)cc1)c1cnc2nccn2c1. The van der Waals surface area contributed by atoms with Crippen molar-refractivity contribution in [3.8, 4) is 5.75 Å². The Morgan fingerprint density at radius 2 is 1.77 bits per heavy atom. The lowest BCUT2D eigenvalue weighted by Gasteiger charge is -2.11. The molecule has 0 fully saturated rings. The number of benzene rings is 2. The first-order valence-corrected chi connectivity index (χ1v) is 11.4. The topological polar surface area (TPSA) is 103 Å². The van der Waals surface area contributed by atoms with Crippen LogP contribution in [0, 0.1) is 5.82 Å². The van der Waals surface area contributed by atoms with Crippen LogP contribution in [0.4, 0.5) is 17.6 Å². The van der Waals surface area contributed by atoms with Crippen molar-refractivity contribution in [2.75, 3.05) is 6.61 Å². The van der Waals surface area contributed by atoms with Crippen molar-refractivity contribution in [3.05, 3.63) is 84.2 Å². The molecule has 2 aromatic carbocycles. The number of carbonyl (C=O) groups excluding carboxylic acids is 1. The molecule has 0 radical (unpaired) electrons. The second-order valence-corrected chi connectivity index (χ2v) is 9.25. The maximum Gasteiger partial charge on any atom is 0.422 e. The van der Waals surface area contributed by atoms with E-state index in [2.05, 4.69) is 20.0 Å². The quantitative estimate of drug-likeness (QED) is 0.383. The van der Waals surface area contributed by atoms with Gasteiger partial charge in [-0.2, -0.15) is 13.2 Å². The van der Waals surface area contributed by atoms with Crippen molar-refractivity contribution < 1.29 is 35.5 Å². The summed E-state index contributed by atoms with van der Waals surface area (Å²) in [6, 6.07) is 7.89. The predicted octanol–water partition coefficient (Wildman–Crippen LogP) is 3.57. The molecular formula is C22H16F4N4O4S. The third kappa shape index (κ3) is 5.57. The maximum absolute atomic E-state index is 14.1. The number of nitrogens with zero attached hydrogens (tertiary/aromatic N) is 3. The minimum Gasteiger partial charge on any atom is -0.481 e. The van der Waals surface area contributed by atoms with E-state index < -0.39 is 45.0 Å². The van der Waals surface area contributed by atoms with Crippen molar-refractivity contribution in [1.82, 2.24) is 19.7 Å². The fourth-order valence-corrected chi connectivity index (χ4v) is 4.34. The first-order valence-electron chi connectivity index (χ1n) is 9.93. The summed E-state index contributed by atoms with van der Waals surface area (Å²) >= 11 is 0. The van der Waals surface area contributed by atoms with Gasteiger partial charge < -0.3 is 10.1 Å². The molecule has 0 aliphatic rings. The highest BCUT2D eigenvalue weighted by Gasteiger charge is 2.29. The summed E-state index contributed by atoms with van der Waals surface area (Å²) in [5.74, 6) is -1.90. The number of halogens is 4. The highest BCUT2D eigenvalue weighted by atomic mass is 32.2. The van der Waals surface area contributed by atoms with Gasteiger partial charge in [0.1, 0.15) is 0 Å². The van der Waals surface area contributed by atoms with Gasteiger partial charge in [0.2, 0.25) is 15.6 Å². The predicted molar refractivity (Wildman–Crippen MR) is 114 cm³/mol. The van der Waals surface area contributed by atoms with Gasteiger partial charge in [0.15, 0.2) is 18.2 Å². The molecule has 4 aromatic rings. The molecule has 0 aliphatic heterocycles. The van der Waals surface area contributed by atoms with E-state index >= 15 is 0 Å². The van der Waals surface area contributed by atoms with E-state index in [1.807, 2.05) is 0 Å². The monoisotopic (exact) mass is 508 g/mol. The second-order valence-electron chi connectivity index (χ2n) is 7.30. The Morgan fingerprint density at radius 3 is 2.46 bits per heavy atom. The Kier molecular flexibility index (Phi) is 6.43. The van der Waals surface area contributed by atoms with Gasteiger partial charge in [-0.05, 0) is 35.9 Å². The molecule has 0 saturated carbocycles. The van der Waals surface area contributed by atoms with Gasteiger partial charge in [-0.1, -0.05) is 12.1 Å². The van der Waals surface area contributed by atoms with Crippen LogP contribution in [0.2, 0.25) is 0 Å². The van der Waals surface area contributed by atoms with Crippen molar-refractivity contribution in [2.24, 2.45) is 0 Å². The molecule has 1 amide bonds. The largest absolute Gasteiger partial charge is 0.481 e. The summed E-state index contributed by atoms with van der Waals surface area (Å²) in [5.41, 5.74) is 0.899. The molecule has 35 heavy (non-hydrogen) atoms. The number of aromatic nitrogens is 3. The van der Waals surface area contributed by atoms with Crippen LogP contribution in [0.15, 0.2) is 77.0 Å². The Morgan fingerprint density at radius 1 is 1.06 bits per heavy atom. The van der Waals surface area contributed by atoms with Crippen molar-refractivity contribution in [2.45, 2.75) is 22.5 Å². The molecule has 0 aliphatic carbocycles. The van der Waals surface area contributed by atoms with Gasteiger partial charge in [0.25, 0.3) is 5.91 Å². The van der Waals surface area contributed by atoms with Crippen molar-refractivity contribution in [1.29, 1.82) is 0 Å². The minimum absolute atomic E-state index is 0.0982. The molecule has 0 saturated heterocycles. The van der Waals surface area contributed by atoms with Crippen LogP contribution in [-0.2, 0) is 16.4 Å². The minimum atomic E-state index is -4.66. The Hall–Kier alpha value is -4.00.